The lowest BCUT2D eigenvalue weighted by Crippen LogP contribution is -2.17. The highest BCUT2D eigenvalue weighted by Crippen LogP contribution is 2.42. The molecule has 0 spiro atoms. The van der Waals surface area contributed by atoms with Gasteiger partial charge in [0.2, 0.25) is 11.8 Å². The zero-order valence-corrected chi connectivity index (χ0v) is 17.8. The van der Waals surface area contributed by atoms with Crippen LogP contribution in [0.3, 0.4) is 0 Å². The molecule has 0 aliphatic heterocycles. The number of rotatable bonds is 7. The fraction of sp³-hybridized carbons (Fsp3) is 0.160. The van der Waals surface area contributed by atoms with Crippen LogP contribution in [0.25, 0.3) is 0 Å². The average molecular weight is 425 g/mol. The molecule has 0 radical (unpaired) electrons. The molecule has 160 valence electrons. The van der Waals surface area contributed by atoms with Gasteiger partial charge in [0, 0.05) is 55.8 Å². The minimum absolute atomic E-state index is 0.132. The first-order valence-electron chi connectivity index (χ1n) is 10.2. The molecule has 0 aliphatic rings. The van der Waals surface area contributed by atoms with Crippen LogP contribution >= 0.6 is 0 Å². The van der Waals surface area contributed by atoms with E-state index in [1.807, 2.05) is 60.9 Å². The van der Waals surface area contributed by atoms with E-state index >= 15 is 0 Å². The minimum atomic E-state index is -0.212. The summed E-state index contributed by atoms with van der Waals surface area (Å²) in [5.74, 6) is 0.515. The van der Waals surface area contributed by atoms with Gasteiger partial charge in [0.15, 0.2) is 0 Å². The van der Waals surface area contributed by atoms with Crippen LogP contribution in [0.2, 0.25) is 0 Å². The van der Waals surface area contributed by atoms with Crippen molar-refractivity contribution >= 4 is 11.7 Å². The number of hydrogen-bond donors (Lipinski definition) is 1. The van der Waals surface area contributed by atoms with Crippen molar-refractivity contribution in [3.8, 4) is 5.88 Å². The van der Waals surface area contributed by atoms with Crippen LogP contribution < -0.4 is 10.1 Å². The van der Waals surface area contributed by atoms with Crippen LogP contribution in [0.1, 0.15) is 41.1 Å². The number of amides is 1. The van der Waals surface area contributed by atoms with Crippen molar-refractivity contribution in [1.29, 1.82) is 0 Å². The van der Waals surface area contributed by atoms with Gasteiger partial charge < -0.3 is 10.1 Å². The number of ether oxygens (including phenoxy) is 1. The molecule has 0 bridgehead atoms. The lowest BCUT2D eigenvalue weighted by molar-refractivity contribution is -0.114. The predicted octanol–water partition coefficient (Wildman–Crippen LogP) is 4.20. The van der Waals surface area contributed by atoms with Crippen molar-refractivity contribution in [1.82, 2.24) is 19.9 Å². The molecule has 4 heterocycles. The summed E-state index contributed by atoms with van der Waals surface area (Å²) >= 11 is 0. The van der Waals surface area contributed by atoms with Gasteiger partial charge in [0.05, 0.1) is 12.8 Å². The third-order valence-electron chi connectivity index (χ3n) is 5.14. The molecule has 1 atom stereocenters. The second kappa shape index (κ2) is 9.78. The lowest BCUT2D eigenvalue weighted by atomic mass is 9.76. The molecular formula is C25H23N5O2. The van der Waals surface area contributed by atoms with E-state index in [-0.39, 0.29) is 17.7 Å². The first-order valence-corrected chi connectivity index (χ1v) is 10.2. The van der Waals surface area contributed by atoms with Gasteiger partial charge in [0.1, 0.15) is 5.82 Å². The van der Waals surface area contributed by atoms with E-state index in [4.69, 9.17) is 9.72 Å². The Morgan fingerprint density at radius 1 is 0.844 bits per heavy atom. The Kier molecular flexibility index (Phi) is 6.46. The number of anilines is 1. The number of carbonyl (C=O) groups excluding carboxylic acids is 1. The number of carbonyl (C=O) groups is 1. The van der Waals surface area contributed by atoms with Gasteiger partial charge >= 0.3 is 0 Å². The third-order valence-corrected chi connectivity index (χ3v) is 5.14. The molecule has 0 saturated carbocycles. The Bertz CT molecular complexity index is 1130. The van der Waals surface area contributed by atoms with Gasteiger partial charge in [-0.05, 0) is 41.0 Å². The van der Waals surface area contributed by atoms with Crippen LogP contribution in [-0.4, -0.2) is 33.0 Å². The van der Waals surface area contributed by atoms with E-state index in [2.05, 4.69) is 20.3 Å². The van der Waals surface area contributed by atoms with Crippen LogP contribution in [0, 0.1) is 0 Å². The molecule has 7 heteroatoms. The Balaban J connectivity index is 1.91. The van der Waals surface area contributed by atoms with Crippen molar-refractivity contribution < 1.29 is 9.53 Å². The second-order valence-electron chi connectivity index (χ2n) is 7.29. The van der Waals surface area contributed by atoms with Crippen molar-refractivity contribution in [3.05, 3.63) is 108 Å². The zero-order valence-electron chi connectivity index (χ0n) is 17.8. The first kappa shape index (κ1) is 21.1. The average Bonchev–Trinajstić information content (AvgIpc) is 2.83. The smallest absolute Gasteiger partial charge is 0.222 e. The van der Waals surface area contributed by atoms with E-state index in [1.165, 1.54) is 6.92 Å². The Hall–Kier alpha value is -4.13. The normalized spacial score (nSPS) is 11.7. The Morgan fingerprint density at radius 3 is 2.06 bits per heavy atom. The summed E-state index contributed by atoms with van der Waals surface area (Å²) in [6.45, 7) is 1.47. The molecule has 0 fully saturated rings. The Morgan fingerprint density at radius 2 is 1.53 bits per heavy atom. The molecule has 1 amide bonds. The van der Waals surface area contributed by atoms with E-state index in [1.54, 1.807) is 31.8 Å². The largest absolute Gasteiger partial charge is 0.481 e. The SMILES string of the molecule is COc1ccc(C(c2cccc(NC(C)=O)n2)C(c2cccnc2)c2cccnc2)cn1. The van der Waals surface area contributed by atoms with Crippen LogP contribution in [0.5, 0.6) is 5.88 Å². The fourth-order valence-corrected chi connectivity index (χ4v) is 3.80. The Labute approximate surface area is 186 Å². The fourth-order valence-electron chi connectivity index (χ4n) is 3.80. The van der Waals surface area contributed by atoms with E-state index in [0.717, 1.165) is 22.4 Å². The molecule has 4 aromatic rings. The summed E-state index contributed by atoms with van der Waals surface area (Å²) < 4.78 is 5.25. The van der Waals surface area contributed by atoms with Gasteiger partial charge in [0.25, 0.3) is 0 Å². The highest BCUT2D eigenvalue weighted by Gasteiger charge is 2.30. The van der Waals surface area contributed by atoms with E-state index < -0.39 is 0 Å². The van der Waals surface area contributed by atoms with Crippen LogP contribution in [0.4, 0.5) is 5.82 Å². The maximum absolute atomic E-state index is 11.6. The van der Waals surface area contributed by atoms with E-state index in [0.29, 0.717) is 11.7 Å². The molecule has 4 rings (SSSR count). The predicted molar refractivity (Wildman–Crippen MR) is 121 cm³/mol. The lowest BCUT2D eigenvalue weighted by Gasteiger charge is -2.28. The maximum atomic E-state index is 11.6. The maximum Gasteiger partial charge on any atom is 0.222 e. The molecule has 0 saturated heterocycles. The summed E-state index contributed by atoms with van der Waals surface area (Å²) in [7, 11) is 1.59. The van der Waals surface area contributed by atoms with Crippen molar-refractivity contribution in [2.75, 3.05) is 12.4 Å². The minimum Gasteiger partial charge on any atom is -0.481 e. The molecule has 1 unspecified atom stereocenters. The van der Waals surface area contributed by atoms with Crippen molar-refractivity contribution in [2.45, 2.75) is 18.8 Å². The van der Waals surface area contributed by atoms with Gasteiger partial charge in [-0.1, -0.05) is 24.3 Å². The quantitative estimate of drug-likeness (QED) is 0.477. The summed E-state index contributed by atoms with van der Waals surface area (Å²) in [6.07, 6.45) is 9.03. The summed E-state index contributed by atoms with van der Waals surface area (Å²) in [5.41, 5.74) is 3.79. The number of nitrogens with one attached hydrogen (secondary N) is 1. The number of nitrogens with zero attached hydrogens (tertiary/aromatic N) is 4. The number of pyridine rings is 4. The van der Waals surface area contributed by atoms with E-state index in [9.17, 15) is 4.79 Å². The van der Waals surface area contributed by atoms with Gasteiger partial charge in [-0.25, -0.2) is 9.97 Å². The molecular weight excluding hydrogens is 402 g/mol. The van der Waals surface area contributed by atoms with Gasteiger partial charge in [-0.15, -0.1) is 0 Å². The molecule has 4 aromatic heterocycles. The highest BCUT2D eigenvalue weighted by molar-refractivity contribution is 5.87. The number of methoxy groups -OCH3 is 1. The molecule has 0 aliphatic carbocycles. The topological polar surface area (TPSA) is 89.9 Å². The monoisotopic (exact) mass is 425 g/mol. The summed E-state index contributed by atoms with van der Waals surface area (Å²) in [5, 5.41) is 2.78. The second-order valence-corrected chi connectivity index (χ2v) is 7.29. The highest BCUT2D eigenvalue weighted by atomic mass is 16.5. The molecule has 0 aromatic carbocycles. The molecule has 7 nitrogen and oxygen atoms in total. The standard InChI is InChI=1S/C25H23N5O2/c1-17(31)29-22-9-3-8-21(30-22)25(20-10-11-23(32-2)28-16-20)24(18-6-4-12-26-14-18)19-7-5-13-27-15-19/h3-16,24-25H,1-2H3,(H,29,30,31). The molecule has 1 N–H and O–H groups in total. The molecule has 32 heavy (non-hydrogen) atoms. The van der Waals surface area contributed by atoms with Crippen molar-refractivity contribution in [3.63, 3.8) is 0 Å². The third kappa shape index (κ3) is 4.78. The zero-order chi connectivity index (χ0) is 22.3. The summed E-state index contributed by atoms with van der Waals surface area (Å²) in [4.78, 5) is 29.5. The number of hydrogen-bond acceptors (Lipinski definition) is 6. The first-order chi connectivity index (χ1) is 15.7. The number of aromatic nitrogens is 4. The van der Waals surface area contributed by atoms with Gasteiger partial charge in [-0.2, -0.15) is 0 Å². The van der Waals surface area contributed by atoms with Crippen molar-refractivity contribution in [2.24, 2.45) is 0 Å². The van der Waals surface area contributed by atoms with Crippen LogP contribution in [0.15, 0.2) is 85.6 Å². The van der Waals surface area contributed by atoms with Crippen LogP contribution in [-0.2, 0) is 4.79 Å². The summed E-state index contributed by atoms with van der Waals surface area (Å²) in [6, 6.07) is 17.4. The van der Waals surface area contributed by atoms with Gasteiger partial charge in [-0.3, -0.25) is 14.8 Å².